The number of carbonyl (C=O) groups excluding carboxylic acids is 1. The van der Waals surface area contributed by atoms with Crippen molar-refractivity contribution in [3.05, 3.63) is 35.4 Å². The number of aliphatic carboxylic acids is 1. The van der Waals surface area contributed by atoms with Gasteiger partial charge in [0.1, 0.15) is 6.04 Å². The number of nitrogens with one attached hydrogen (secondary N) is 1. The molecule has 6 nitrogen and oxygen atoms in total. The number of fused-ring (bicyclic) bond motifs is 1. The Kier molecular flexibility index (Phi) is 6.27. The van der Waals surface area contributed by atoms with Crippen LogP contribution in [0.25, 0.3) is 0 Å². The number of likely N-dealkylation sites (tertiary alicyclic amines) is 1. The van der Waals surface area contributed by atoms with Crippen LogP contribution in [0.15, 0.2) is 24.3 Å². The smallest absolute Gasteiger partial charge is 0.320 e. The molecular formula is C20H28N2O4. The summed E-state index contributed by atoms with van der Waals surface area (Å²) in [6.45, 7) is 1.14. The molecule has 1 heterocycles. The van der Waals surface area contributed by atoms with E-state index in [4.69, 9.17) is 4.74 Å². The zero-order valence-corrected chi connectivity index (χ0v) is 15.3. The molecule has 1 aromatic carbocycles. The fraction of sp³-hybridized carbons (Fsp3) is 0.600. The van der Waals surface area contributed by atoms with E-state index in [1.54, 1.807) is 7.11 Å². The van der Waals surface area contributed by atoms with Crippen molar-refractivity contribution >= 4 is 11.9 Å². The number of amides is 1. The summed E-state index contributed by atoms with van der Waals surface area (Å²) in [6, 6.07) is 7.62. The number of methoxy groups -OCH3 is 1. The quantitative estimate of drug-likeness (QED) is 0.779. The van der Waals surface area contributed by atoms with Crippen LogP contribution in [0.2, 0.25) is 0 Å². The fourth-order valence-electron chi connectivity index (χ4n) is 4.44. The van der Waals surface area contributed by atoms with Crippen LogP contribution in [0.1, 0.15) is 43.2 Å². The Bertz CT molecular complexity index is 648. The monoisotopic (exact) mass is 360 g/mol. The van der Waals surface area contributed by atoms with Crippen molar-refractivity contribution in [2.24, 2.45) is 5.92 Å². The second-order valence-electron chi connectivity index (χ2n) is 7.40. The molecule has 1 aliphatic carbocycles. The highest BCUT2D eigenvalue weighted by molar-refractivity contribution is 5.80. The topological polar surface area (TPSA) is 78.9 Å². The molecule has 2 fully saturated rings. The van der Waals surface area contributed by atoms with Gasteiger partial charge in [-0.05, 0) is 36.3 Å². The van der Waals surface area contributed by atoms with Crippen molar-refractivity contribution in [3.8, 4) is 0 Å². The van der Waals surface area contributed by atoms with E-state index in [0.29, 0.717) is 25.5 Å². The van der Waals surface area contributed by atoms with Gasteiger partial charge in [0.2, 0.25) is 5.91 Å². The molecule has 1 saturated carbocycles. The Hall–Kier alpha value is -1.92. The lowest BCUT2D eigenvalue weighted by Crippen LogP contribution is -2.47. The first kappa shape index (κ1) is 18.9. The molecule has 0 spiro atoms. The SMILES string of the molecule is COCc1cccc(CNC(=O)CN2C(C(=O)O)CC3CCCCC32)c1. The average molecular weight is 360 g/mol. The molecule has 6 heteroatoms. The van der Waals surface area contributed by atoms with Crippen LogP contribution in [0.4, 0.5) is 0 Å². The lowest BCUT2D eigenvalue weighted by molar-refractivity contribution is -0.143. The van der Waals surface area contributed by atoms with Crippen molar-refractivity contribution in [3.63, 3.8) is 0 Å². The van der Waals surface area contributed by atoms with E-state index in [1.165, 1.54) is 6.42 Å². The molecular weight excluding hydrogens is 332 g/mol. The standard InChI is InChI=1S/C20H28N2O4/c1-26-13-15-6-4-5-14(9-15)11-21-19(23)12-22-17-8-3-2-7-16(17)10-18(22)20(24)25/h4-6,9,16-18H,2-3,7-8,10-13H2,1H3,(H,21,23)(H,24,25). The zero-order valence-electron chi connectivity index (χ0n) is 15.3. The third kappa shape index (κ3) is 4.43. The van der Waals surface area contributed by atoms with Crippen LogP contribution in [-0.2, 0) is 27.5 Å². The second kappa shape index (κ2) is 8.64. The van der Waals surface area contributed by atoms with E-state index in [9.17, 15) is 14.7 Å². The zero-order chi connectivity index (χ0) is 18.5. The number of ether oxygens (including phenoxy) is 1. The first-order chi connectivity index (χ1) is 12.6. The molecule has 26 heavy (non-hydrogen) atoms. The number of hydrogen-bond donors (Lipinski definition) is 2. The van der Waals surface area contributed by atoms with E-state index >= 15 is 0 Å². The third-order valence-corrected chi connectivity index (χ3v) is 5.62. The van der Waals surface area contributed by atoms with E-state index in [-0.39, 0.29) is 18.5 Å². The number of benzene rings is 1. The molecule has 0 bridgehead atoms. The minimum Gasteiger partial charge on any atom is -0.480 e. The Labute approximate surface area is 154 Å². The number of carboxylic acid groups (broad SMARTS) is 1. The average Bonchev–Trinajstić information content (AvgIpc) is 3.00. The van der Waals surface area contributed by atoms with Gasteiger partial charge in [-0.1, -0.05) is 37.1 Å². The van der Waals surface area contributed by atoms with Gasteiger partial charge in [-0.3, -0.25) is 14.5 Å². The molecule has 2 aliphatic rings. The van der Waals surface area contributed by atoms with Gasteiger partial charge in [-0.25, -0.2) is 0 Å². The summed E-state index contributed by atoms with van der Waals surface area (Å²) in [4.78, 5) is 26.0. The Morgan fingerprint density at radius 1 is 1.27 bits per heavy atom. The summed E-state index contributed by atoms with van der Waals surface area (Å²) in [5.41, 5.74) is 2.08. The normalized spacial score (nSPS) is 25.7. The molecule has 142 valence electrons. The van der Waals surface area contributed by atoms with Crippen LogP contribution < -0.4 is 5.32 Å². The van der Waals surface area contributed by atoms with E-state index < -0.39 is 12.0 Å². The van der Waals surface area contributed by atoms with Crippen LogP contribution >= 0.6 is 0 Å². The Balaban J connectivity index is 1.57. The summed E-state index contributed by atoms with van der Waals surface area (Å²) < 4.78 is 5.13. The molecule has 3 unspecified atom stereocenters. The largest absolute Gasteiger partial charge is 0.480 e. The predicted molar refractivity (Wildman–Crippen MR) is 97.5 cm³/mol. The van der Waals surface area contributed by atoms with Crippen molar-refractivity contribution in [2.75, 3.05) is 13.7 Å². The van der Waals surface area contributed by atoms with Crippen LogP contribution in [0, 0.1) is 5.92 Å². The van der Waals surface area contributed by atoms with E-state index in [2.05, 4.69) is 5.32 Å². The molecule has 0 aromatic heterocycles. The first-order valence-electron chi connectivity index (χ1n) is 9.40. The summed E-state index contributed by atoms with van der Waals surface area (Å²) in [7, 11) is 1.65. The highest BCUT2D eigenvalue weighted by Gasteiger charge is 2.45. The van der Waals surface area contributed by atoms with Crippen molar-refractivity contribution in [1.82, 2.24) is 10.2 Å². The number of rotatable bonds is 7. The highest BCUT2D eigenvalue weighted by atomic mass is 16.5. The lowest BCUT2D eigenvalue weighted by atomic mass is 9.85. The van der Waals surface area contributed by atoms with Crippen LogP contribution in [0.5, 0.6) is 0 Å². The highest BCUT2D eigenvalue weighted by Crippen LogP contribution is 2.39. The minimum absolute atomic E-state index is 0.111. The predicted octanol–water partition coefficient (Wildman–Crippen LogP) is 2.17. The summed E-state index contributed by atoms with van der Waals surface area (Å²) in [6.07, 6.45) is 5.05. The van der Waals surface area contributed by atoms with E-state index in [0.717, 1.165) is 30.4 Å². The van der Waals surface area contributed by atoms with Gasteiger partial charge in [-0.2, -0.15) is 0 Å². The molecule has 0 radical (unpaired) electrons. The van der Waals surface area contributed by atoms with Gasteiger partial charge in [-0.15, -0.1) is 0 Å². The maximum Gasteiger partial charge on any atom is 0.320 e. The molecule has 3 atom stereocenters. The lowest BCUT2D eigenvalue weighted by Gasteiger charge is -2.32. The third-order valence-electron chi connectivity index (χ3n) is 5.62. The molecule has 1 aromatic rings. The number of carbonyl (C=O) groups is 2. The Morgan fingerprint density at radius 3 is 2.81 bits per heavy atom. The molecule has 3 rings (SSSR count). The summed E-state index contributed by atoms with van der Waals surface area (Å²) in [5, 5.41) is 12.5. The van der Waals surface area contributed by atoms with Crippen LogP contribution in [-0.4, -0.2) is 47.6 Å². The molecule has 1 aliphatic heterocycles. The summed E-state index contributed by atoms with van der Waals surface area (Å²) in [5.74, 6) is -0.498. The Morgan fingerprint density at radius 2 is 2.04 bits per heavy atom. The molecule has 2 N–H and O–H groups in total. The van der Waals surface area contributed by atoms with E-state index in [1.807, 2.05) is 29.2 Å². The van der Waals surface area contributed by atoms with Gasteiger partial charge >= 0.3 is 5.97 Å². The summed E-state index contributed by atoms with van der Waals surface area (Å²) >= 11 is 0. The molecule has 1 saturated heterocycles. The van der Waals surface area contributed by atoms with Crippen LogP contribution in [0.3, 0.4) is 0 Å². The fourth-order valence-corrected chi connectivity index (χ4v) is 4.44. The number of nitrogens with zero attached hydrogens (tertiary/aromatic N) is 1. The first-order valence-corrected chi connectivity index (χ1v) is 9.40. The van der Waals surface area contributed by atoms with Crippen molar-refractivity contribution in [1.29, 1.82) is 0 Å². The van der Waals surface area contributed by atoms with Crippen molar-refractivity contribution < 1.29 is 19.4 Å². The molecule has 1 amide bonds. The van der Waals surface area contributed by atoms with Crippen molar-refractivity contribution in [2.45, 2.75) is 57.3 Å². The van der Waals surface area contributed by atoms with Gasteiger partial charge in [0.15, 0.2) is 0 Å². The van der Waals surface area contributed by atoms with Gasteiger partial charge in [0.25, 0.3) is 0 Å². The van der Waals surface area contributed by atoms with Gasteiger partial charge in [0.05, 0.1) is 13.2 Å². The minimum atomic E-state index is -0.806. The van der Waals surface area contributed by atoms with Gasteiger partial charge in [0, 0.05) is 19.7 Å². The second-order valence-corrected chi connectivity index (χ2v) is 7.40. The maximum atomic E-state index is 12.5. The number of carboxylic acids is 1. The maximum absolute atomic E-state index is 12.5. The number of hydrogen-bond acceptors (Lipinski definition) is 4. The van der Waals surface area contributed by atoms with Gasteiger partial charge < -0.3 is 15.2 Å².